The standard InChI is InChI=1S/C48H34/c1-3-14-33(15-4-1)35-18-11-20-37(30-35)38-28-29-41-39(31-38)21-13-27-42(41)48-45-25-9-7-23-43(45)47(44-24-8-10-26-46(44)48)40-22-12-19-36(32-40)34-16-5-2-6-17-34/h1-27,30-32H,28-29H2. The molecule has 0 spiro atoms. The fraction of sp³-hybridized carbons (Fsp3) is 0.0417. The van der Waals surface area contributed by atoms with Crippen LogP contribution in [0.25, 0.3) is 77.7 Å². The van der Waals surface area contributed by atoms with Crippen molar-refractivity contribution in [2.24, 2.45) is 0 Å². The molecule has 48 heavy (non-hydrogen) atoms. The molecule has 0 aromatic heterocycles. The van der Waals surface area contributed by atoms with Crippen molar-refractivity contribution in [1.82, 2.24) is 0 Å². The van der Waals surface area contributed by atoms with Crippen LogP contribution in [0.5, 0.6) is 0 Å². The zero-order valence-corrected chi connectivity index (χ0v) is 26.7. The van der Waals surface area contributed by atoms with Gasteiger partial charge in [-0.3, -0.25) is 0 Å². The monoisotopic (exact) mass is 610 g/mol. The van der Waals surface area contributed by atoms with Crippen LogP contribution in [0, 0.1) is 0 Å². The molecule has 9 rings (SSSR count). The summed E-state index contributed by atoms with van der Waals surface area (Å²) >= 11 is 0. The van der Waals surface area contributed by atoms with Gasteiger partial charge >= 0.3 is 0 Å². The smallest absolute Gasteiger partial charge is 0.00234 e. The van der Waals surface area contributed by atoms with Gasteiger partial charge in [-0.25, -0.2) is 0 Å². The van der Waals surface area contributed by atoms with Gasteiger partial charge in [0, 0.05) is 0 Å². The van der Waals surface area contributed by atoms with Crippen LogP contribution in [0.15, 0.2) is 176 Å². The third kappa shape index (κ3) is 4.94. The Morgan fingerprint density at radius 2 is 0.771 bits per heavy atom. The number of rotatable bonds is 5. The third-order valence-corrected chi connectivity index (χ3v) is 9.99. The SMILES string of the molecule is C1=C(c2cccc(-c3ccccc3)c2)CCc2c1cccc2-c1c2ccccc2c(-c2cccc(-c3ccccc3)c2)c2ccccc12. The van der Waals surface area contributed by atoms with Gasteiger partial charge in [-0.2, -0.15) is 0 Å². The number of fused-ring (bicyclic) bond motifs is 3. The second-order valence-electron chi connectivity index (χ2n) is 12.8. The summed E-state index contributed by atoms with van der Waals surface area (Å²) in [7, 11) is 0. The molecule has 0 N–H and O–H groups in total. The van der Waals surface area contributed by atoms with E-state index in [1.807, 2.05) is 0 Å². The van der Waals surface area contributed by atoms with Crippen molar-refractivity contribution in [3.8, 4) is 44.5 Å². The van der Waals surface area contributed by atoms with Crippen molar-refractivity contribution >= 4 is 33.2 Å². The van der Waals surface area contributed by atoms with E-state index in [1.165, 1.54) is 88.3 Å². The van der Waals surface area contributed by atoms with Crippen molar-refractivity contribution < 1.29 is 0 Å². The van der Waals surface area contributed by atoms with E-state index in [4.69, 9.17) is 0 Å². The van der Waals surface area contributed by atoms with Crippen molar-refractivity contribution in [2.75, 3.05) is 0 Å². The molecule has 0 aliphatic heterocycles. The lowest BCUT2D eigenvalue weighted by Gasteiger charge is -2.23. The molecule has 8 aromatic rings. The van der Waals surface area contributed by atoms with Crippen LogP contribution in [-0.2, 0) is 6.42 Å². The zero-order valence-electron chi connectivity index (χ0n) is 26.7. The summed E-state index contributed by atoms with van der Waals surface area (Å²) in [5.74, 6) is 0. The highest BCUT2D eigenvalue weighted by Gasteiger charge is 2.21. The predicted molar refractivity (Wildman–Crippen MR) is 206 cm³/mol. The van der Waals surface area contributed by atoms with Crippen LogP contribution >= 0.6 is 0 Å². The average molecular weight is 611 g/mol. The van der Waals surface area contributed by atoms with Crippen LogP contribution in [0.2, 0.25) is 0 Å². The van der Waals surface area contributed by atoms with Gasteiger partial charge in [0.1, 0.15) is 0 Å². The maximum absolute atomic E-state index is 2.43. The maximum atomic E-state index is 2.43. The number of allylic oxidation sites excluding steroid dienone is 1. The Bertz CT molecular complexity index is 2420. The first-order valence-corrected chi connectivity index (χ1v) is 16.9. The summed E-state index contributed by atoms with van der Waals surface area (Å²) in [6, 6.07) is 64.3. The Morgan fingerprint density at radius 1 is 0.312 bits per heavy atom. The average Bonchev–Trinajstić information content (AvgIpc) is 3.17. The summed E-state index contributed by atoms with van der Waals surface area (Å²) in [6.07, 6.45) is 4.46. The van der Waals surface area contributed by atoms with E-state index in [9.17, 15) is 0 Å². The first-order chi connectivity index (χ1) is 23.8. The second kappa shape index (κ2) is 12.0. The van der Waals surface area contributed by atoms with Crippen LogP contribution in [-0.4, -0.2) is 0 Å². The second-order valence-corrected chi connectivity index (χ2v) is 12.8. The lowest BCUT2D eigenvalue weighted by molar-refractivity contribution is 1.00. The van der Waals surface area contributed by atoms with Gasteiger partial charge in [0.05, 0.1) is 0 Å². The summed E-state index contributed by atoms with van der Waals surface area (Å²) in [4.78, 5) is 0. The molecule has 1 aliphatic rings. The Balaban J connectivity index is 1.21. The molecule has 8 aromatic carbocycles. The molecule has 0 saturated heterocycles. The van der Waals surface area contributed by atoms with Gasteiger partial charge in [-0.1, -0.05) is 170 Å². The Kier molecular flexibility index (Phi) is 7.06. The molecular weight excluding hydrogens is 577 g/mol. The Morgan fingerprint density at radius 3 is 1.38 bits per heavy atom. The van der Waals surface area contributed by atoms with Gasteiger partial charge in [-0.15, -0.1) is 0 Å². The van der Waals surface area contributed by atoms with Crippen molar-refractivity contribution in [3.63, 3.8) is 0 Å². The fourth-order valence-corrected chi connectivity index (χ4v) is 7.74. The van der Waals surface area contributed by atoms with Gasteiger partial charge in [-0.05, 0) is 113 Å². The molecular formula is C48H34. The van der Waals surface area contributed by atoms with Crippen LogP contribution in [0.1, 0.15) is 23.1 Å². The molecule has 0 nitrogen and oxygen atoms in total. The summed E-state index contributed by atoms with van der Waals surface area (Å²) < 4.78 is 0. The first kappa shape index (κ1) is 28.3. The molecule has 0 fully saturated rings. The highest BCUT2D eigenvalue weighted by atomic mass is 14.2. The van der Waals surface area contributed by atoms with E-state index in [2.05, 4.69) is 182 Å². The fourth-order valence-electron chi connectivity index (χ4n) is 7.74. The largest absolute Gasteiger partial charge is 0.0622 e. The van der Waals surface area contributed by atoms with Gasteiger partial charge in [0.15, 0.2) is 0 Å². The number of hydrogen-bond donors (Lipinski definition) is 0. The quantitative estimate of drug-likeness (QED) is 0.170. The first-order valence-electron chi connectivity index (χ1n) is 16.9. The van der Waals surface area contributed by atoms with Gasteiger partial charge in [0.2, 0.25) is 0 Å². The van der Waals surface area contributed by atoms with Gasteiger partial charge < -0.3 is 0 Å². The topological polar surface area (TPSA) is 0 Å². The zero-order chi connectivity index (χ0) is 31.9. The van der Waals surface area contributed by atoms with Crippen LogP contribution in [0.4, 0.5) is 0 Å². The number of hydrogen-bond acceptors (Lipinski definition) is 0. The molecule has 1 aliphatic carbocycles. The van der Waals surface area contributed by atoms with Crippen molar-refractivity contribution in [2.45, 2.75) is 12.8 Å². The lowest BCUT2D eigenvalue weighted by atomic mass is 9.80. The molecule has 0 amide bonds. The lowest BCUT2D eigenvalue weighted by Crippen LogP contribution is -2.02. The van der Waals surface area contributed by atoms with E-state index in [0.29, 0.717) is 0 Å². The maximum Gasteiger partial charge on any atom is -0.00234 e. The van der Waals surface area contributed by atoms with Crippen LogP contribution < -0.4 is 0 Å². The minimum Gasteiger partial charge on any atom is -0.0622 e. The molecule has 226 valence electrons. The van der Waals surface area contributed by atoms with Crippen molar-refractivity contribution in [1.29, 1.82) is 0 Å². The third-order valence-electron chi connectivity index (χ3n) is 9.99. The molecule has 0 unspecified atom stereocenters. The molecule has 0 bridgehead atoms. The summed E-state index contributed by atoms with van der Waals surface area (Å²) in [5.41, 5.74) is 15.7. The van der Waals surface area contributed by atoms with Crippen molar-refractivity contribution in [3.05, 3.63) is 193 Å². The Hall–Kier alpha value is -5.98. The highest BCUT2D eigenvalue weighted by Crippen LogP contribution is 2.46. The predicted octanol–water partition coefficient (Wildman–Crippen LogP) is 13.1. The summed E-state index contributed by atoms with van der Waals surface area (Å²) in [5, 5.41) is 5.18. The van der Waals surface area contributed by atoms with E-state index in [-0.39, 0.29) is 0 Å². The molecule has 0 heterocycles. The van der Waals surface area contributed by atoms with E-state index in [1.54, 1.807) is 0 Å². The number of benzene rings is 8. The van der Waals surface area contributed by atoms with Crippen LogP contribution in [0.3, 0.4) is 0 Å². The molecule has 0 atom stereocenters. The molecule has 0 radical (unpaired) electrons. The molecule has 0 saturated carbocycles. The Labute approximate surface area is 282 Å². The summed E-state index contributed by atoms with van der Waals surface area (Å²) in [6.45, 7) is 0. The van der Waals surface area contributed by atoms with Gasteiger partial charge in [0.25, 0.3) is 0 Å². The minimum absolute atomic E-state index is 1.01. The van der Waals surface area contributed by atoms with E-state index >= 15 is 0 Å². The van der Waals surface area contributed by atoms with E-state index < -0.39 is 0 Å². The normalized spacial score (nSPS) is 12.5. The molecule has 0 heteroatoms. The minimum atomic E-state index is 1.01. The highest BCUT2D eigenvalue weighted by molar-refractivity contribution is 6.22. The van der Waals surface area contributed by atoms with E-state index in [0.717, 1.165) is 12.8 Å².